The van der Waals surface area contributed by atoms with Crippen LogP contribution in [-0.2, 0) is 13.2 Å². The third-order valence-electron chi connectivity index (χ3n) is 3.47. The maximum absolute atomic E-state index is 12.4. The van der Waals surface area contributed by atoms with Gasteiger partial charge in [0.15, 0.2) is 0 Å². The van der Waals surface area contributed by atoms with Crippen molar-refractivity contribution < 1.29 is 9.90 Å². The highest BCUT2D eigenvalue weighted by atomic mass is 16.3. The highest BCUT2D eigenvalue weighted by molar-refractivity contribution is 6.04. The van der Waals surface area contributed by atoms with Gasteiger partial charge in [0.25, 0.3) is 5.91 Å². The number of aliphatic hydroxyl groups is 1. The summed E-state index contributed by atoms with van der Waals surface area (Å²) in [6.45, 7) is 0.304. The Hall–Kier alpha value is -2.79. The fraction of sp³-hybridized carbons (Fsp3) is 0.118. The number of hydrogen-bond donors (Lipinski definition) is 2. The minimum atomic E-state index is -0.209. The molecule has 0 saturated carbocycles. The zero-order valence-corrected chi connectivity index (χ0v) is 11.9. The van der Waals surface area contributed by atoms with Crippen LogP contribution in [0.5, 0.6) is 0 Å². The van der Waals surface area contributed by atoms with Crippen molar-refractivity contribution >= 4 is 16.9 Å². The first-order valence-corrected chi connectivity index (χ1v) is 6.95. The molecule has 0 aliphatic heterocycles. The van der Waals surface area contributed by atoms with E-state index in [2.05, 4.69) is 15.3 Å². The monoisotopic (exact) mass is 293 g/mol. The van der Waals surface area contributed by atoms with Gasteiger partial charge in [-0.05, 0) is 23.3 Å². The number of benzene rings is 2. The van der Waals surface area contributed by atoms with E-state index in [0.717, 1.165) is 11.1 Å². The molecule has 2 aromatic carbocycles. The SMILES string of the molecule is O=C(NCc1ccccc1CO)c1cccc2nccnc12. The number of carbonyl (C=O) groups excluding carboxylic acids is 1. The molecule has 1 heterocycles. The lowest BCUT2D eigenvalue weighted by Crippen LogP contribution is -2.23. The van der Waals surface area contributed by atoms with Gasteiger partial charge in [-0.15, -0.1) is 0 Å². The molecule has 0 fully saturated rings. The van der Waals surface area contributed by atoms with Crippen LogP contribution >= 0.6 is 0 Å². The lowest BCUT2D eigenvalue weighted by Gasteiger charge is -2.10. The molecule has 0 unspecified atom stereocenters. The Morgan fingerprint density at radius 3 is 2.59 bits per heavy atom. The molecule has 0 spiro atoms. The van der Waals surface area contributed by atoms with Crippen molar-refractivity contribution in [3.8, 4) is 0 Å². The largest absolute Gasteiger partial charge is 0.392 e. The Bertz CT molecular complexity index is 812. The van der Waals surface area contributed by atoms with Gasteiger partial charge in [-0.2, -0.15) is 0 Å². The van der Waals surface area contributed by atoms with E-state index in [1.165, 1.54) is 0 Å². The van der Waals surface area contributed by atoms with Gasteiger partial charge in [0, 0.05) is 18.9 Å². The Kier molecular flexibility index (Phi) is 4.07. The van der Waals surface area contributed by atoms with Gasteiger partial charge in [-0.25, -0.2) is 0 Å². The molecule has 1 aromatic heterocycles. The Morgan fingerprint density at radius 1 is 1.00 bits per heavy atom. The van der Waals surface area contributed by atoms with Crippen LogP contribution in [0, 0.1) is 0 Å². The molecule has 0 aliphatic rings. The molecule has 0 atom stereocenters. The summed E-state index contributed by atoms with van der Waals surface area (Å²) in [5.74, 6) is -0.209. The second-order valence-electron chi connectivity index (χ2n) is 4.84. The summed E-state index contributed by atoms with van der Waals surface area (Å²) < 4.78 is 0. The van der Waals surface area contributed by atoms with E-state index in [1.54, 1.807) is 24.5 Å². The molecule has 2 N–H and O–H groups in total. The van der Waals surface area contributed by atoms with Crippen molar-refractivity contribution in [3.05, 3.63) is 71.5 Å². The summed E-state index contributed by atoms with van der Waals surface area (Å²) in [7, 11) is 0. The van der Waals surface area contributed by atoms with E-state index < -0.39 is 0 Å². The Balaban J connectivity index is 1.82. The summed E-state index contributed by atoms with van der Waals surface area (Å²) >= 11 is 0. The molecule has 3 aromatic rings. The van der Waals surface area contributed by atoms with Crippen LogP contribution in [0.25, 0.3) is 11.0 Å². The average molecular weight is 293 g/mol. The minimum absolute atomic E-state index is 0.0498. The Labute approximate surface area is 127 Å². The van der Waals surface area contributed by atoms with Crippen molar-refractivity contribution in [1.82, 2.24) is 15.3 Å². The van der Waals surface area contributed by atoms with Crippen LogP contribution in [0.3, 0.4) is 0 Å². The summed E-state index contributed by atoms with van der Waals surface area (Å²) in [5.41, 5.74) is 3.46. The highest BCUT2D eigenvalue weighted by Gasteiger charge is 2.11. The number of nitrogens with zero attached hydrogens (tertiary/aromatic N) is 2. The van der Waals surface area contributed by atoms with Gasteiger partial charge in [0.2, 0.25) is 0 Å². The minimum Gasteiger partial charge on any atom is -0.392 e. The fourth-order valence-corrected chi connectivity index (χ4v) is 2.33. The zero-order chi connectivity index (χ0) is 15.4. The normalized spacial score (nSPS) is 10.6. The number of amides is 1. The smallest absolute Gasteiger partial charge is 0.253 e. The van der Waals surface area contributed by atoms with Crippen molar-refractivity contribution in [2.45, 2.75) is 13.2 Å². The van der Waals surface area contributed by atoms with E-state index in [4.69, 9.17) is 0 Å². The predicted octanol–water partition coefficient (Wildman–Crippen LogP) is 2.05. The zero-order valence-electron chi connectivity index (χ0n) is 11.9. The summed E-state index contributed by atoms with van der Waals surface area (Å²) in [6.07, 6.45) is 3.17. The molecule has 3 rings (SSSR count). The molecule has 110 valence electrons. The van der Waals surface area contributed by atoms with E-state index >= 15 is 0 Å². The topological polar surface area (TPSA) is 75.1 Å². The first kappa shape index (κ1) is 14.2. The third kappa shape index (κ3) is 2.80. The molecule has 0 radical (unpaired) electrons. The third-order valence-corrected chi connectivity index (χ3v) is 3.47. The molecule has 0 bridgehead atoms. The van der Waals surface area contributed by atoms with E-state index in [-0.39, 0.29) is 12.5 Å². The first-order valence-electron chi connectivity index (χ1n) is 6.95. The maximum atomic E-state index is 12.4. The molecule has 5 nitrogen and oxygen atoms in total. The Morgan fingerprint density at radius 2 is 1.77 bits per heavy atom. The van der Waals surface area contributed by atoms with Crippen molar-refractivity contribution in [3.63, 3.8) is 0 Å². The molecule has 22 heavy (non-hydrogen) atoms. The summed E-state index contributed by atoms with van der Waals surface area (Å²) in [5, 5.41) is 12.2. The molecule has 0 saturated heterocycles. The predicted molar refractivity (Wildman–Crippen MR) is 83.1 cm³/mol. The standard InChI is InChI=1S/C17H15N3O2/c21-11-13-5-2-1-4-12(13)10-20-17(22)14-6-3-7-15-16(14)19-9-8-18-15/h1-9,21H,10-11H2,(H,20,22). The van der Waals surface area contributed by atoms with Crippen molar-refractivity contribution in [2.75, 3.05) is 0 Å². The average Bonchev–Trinajstić information content (AvgIpc) is 2.59. The van der Waals surface area contributed by atoms with Crippen LogP contribution in [-0.4, -0.2) is 21.0 Å². The molecular formula is C17H15N3O2. The molecular weight excluding hydrogens is 278 g/mol. The van der Waals surface area contributed by atoms with E-state index in [0.29, 0.717) is 23.1 Å². The van der Waals surface area contributed by atoms with Gasteiger partial charge >= 0.3 is 0 Å². The van der Waals surface area contributed by atoms with Gasteiger partial charge in [0.05, 0.1) is 17.7 Å². The van der Waals surface area contributed by atoms with Crippen LogP contribution in [0.2, 0.25) is 0 Å². The molecule has 1 amide bonds. The number of nitrogens with one attached hydrogen (secondary N) is 1. The molecule has 0 aliphatic carbocycles. The second-order valence-corrected chi connectivity index (χ2v) is 4.84. The summed E-state index contributed by atoms with van der Waals surface area (Å²) in [4.78, 5) is 20.8. The number of para-hydroxylation sites is 1. The number of aliphatic hydroxyl groups excluding tert-OH is 1. The first-order chi connectivity index (χ1) is 10.8. The van der Waals surface area contributed by atoms with Gasteiger partial charge in [-0.1, -0.05) is 30.3 Å². The maximum Gasteiger partial charge on any atom is 0.253 e. The fourth-order valence-electron chi connectivity index (χ4n) is 2.33. The number of rotatable bonds is 4. The lowest BCUT2D eigenvalue weighted by atomic mass is 10.1. The van der Waals surface area contributed by atoms with Crippen LogP contribution in [0.15, 0.2) is 54.9 Å². The van der Waals surface area contributed by atoms with E-state index in [9.17, 15) is 9.90 Å². The van der Waals surface area contributed by atoms with Gasteiger partial charge in [0.1, 0.15) is 5.52 Å². The van der Waals surface area contributed by atoms with Crippen molar-refractivity contribution in [1.29, 1.82) is 0 Å². The van der Waals surface area contributed by atoms with Crippen LogP contribution < -0.4 is 5.32 Å². The van der Waals surface area contributed by atoms with Crippen molar-refractivity contribution in [2.24, 2.45) is 0 Å². The van der Waals surface area contributed by atoms with Gasteiger partial charge < -0.3 is 10.4 Å². The highest BCUT2D eigenvalue weighted by Crippen LogP contribution is 2.14. The number of fused-ring (bicyclic) bond motifs is 1. The summed E-state index contributed by atoms with van der Waals surface area (Å²) in [6, 6.07) is 12.8. The number of hydrogen-bond acceptors (Lipinski definition) is 4. The number of aromatic nitrogens is 2. The lowest BCUT2D eigenvalue weighted by molar-refractivity contribution is 0.0952. The molecule has 5 heteroatoms. The quantitative estimate of drug-likeness (QED) is 0.772. The number of carbonyl (C=O) groups is 1. The van der Waals surface area contributed by atoms with Crippen LogP contribution in [0.4, 0.5) is 0 Å². The van der Waals surface area contributed by atoms with Crippen LogP contribution in [0.1, 0.15) is 21.5 Å². The van der Waals surface area contributed by atoms with E-state index in [1.807, 2.05) is 30.3 Å². The second kappa shape index (κ2) is 6.32. The van der Waals surface area contributed by atoms with Gasteiger partial charge in [-0.3, -0.25) is 14.8 Å².